The number of carbonyl (C=O) groups excluding carboxylic acids is 2. The molecule has 1 radical (unpaired) electrons. The Kier molecular flexibility index (Phi) is 25.0. The van der Waals surface area contributed by atoms with Crippen LogP contribution < -0.4 is 0 Å². The Hall–Kier alpha value is 0.300. The zero-order valence-corrected chi connectivity index (χ0v) is 34.6. The number of ether oxygens (including phenoxy) is 2. The van der Waals surface area contributed by atoms with Gasteiger partial charge in [0, 0.05) is 42.4 Å². The largest absolute Gasteiger partial charge is 0.472 e. The molecule has 0 aromatic heterocycles. The van der Waals surface area contributed by atoms with Crippen LogP contribution in [0.3, 0.4) is 0 Å². The fraction of sp³-hybridized carbons (Fsp3) is 0.920. The molecule has 0 bridgehead atoms. The summed E-state index contributed by atoms with van der Waals surface area (Å²) in [5.74, 6) is -1.43. The fourth-order valence-corrected chi connectivity index (χ4v) is 7.50. The maximum Gasteiger partial charge on any atom is 0.472 e. The number of unbranched alkanes of at least 4 members (excludes halogenated alkanes) is 8. The average molecular weight is 850 g/mol. The summed E-state index contributed by atoms with van der Waals surface area (Å²) in [6.07, 6.45) is -9.83. The van der Waals surface area contributed by atoms with E-state index in [0.717, 1.165) is 44.9 Å². The molecule has 303 valence electrons. The first-order valence-electron chi connectivity index (χ1n) is 16.1. The quantitative estimate of drug-likeness (QED) is 0.0257. The van der Waals surface area contributed by atoms with Crippen LogP contribution in [-0.4, -0.2) is 142 Å². The van der Waals surface area contributed by atoms with Crippen molar-refractivity contribution in [2.24, 2.45) is 0 Å². The molecule has 0 aromatic carbocycles. The molecule has 0 amide bonds. The van der Waals surface area contributed by atoms with Crippen molar-refractivity contribution in [1.82, 2.24) is 0 Å². The molecule has 3 unspecified atom stereocenters. The van der Waals surface area contributed by atoms with Gasteiger partial charge in [-0.25, -0.2) is 18.3 Å². The van der Waals surface area contributed by atoms with Gasteiger partial charge in [0.25, 0.3) is 0 Å². The SMILES string of the molecule is CCCCCCCC(=O)OC[C@H](COP(=O)(O)OC1[C@H](O)[C@H](OP(=O)(O)O)C(OP(=O)(O)O)[C@H](OP(=O)(O)O)[C@H]1O)OC(=O)CCCCCCC.[Na]. The van der Waals surface area contributed by atoms with Crippen LogP contribution in [0, 0.1) is 0 Å². The Morgan fingerprint density at radius 2 is 0.962 bits per heavy atom. The predicted octanol–water partition coefficient (Wildman–Crippen LogP) is 1.45. The van der Waals surface area contributed by atoms with Gasteiger partial charge in [-0.2, -0.15) is 0 Å². The van der Waals surface area contributed by atoms with Gasteiger partial charge in [0.1, 0.15) is 43.2 Å². The van der Waals surface area contributed by atoms with Crippen LogP contribution in [0.25, 0.3) is 0 Å². The van der Waals surface area contributed by atoms with Crippen LogP contribution in [0.1, 0.15) is 90.9 Å². The first-order chi connectivity index (χ1) is 23.5. The van der Waals surface area contributed by atoms with Crippen molar-refractivity contribution >= 4 is 72.8 Å². The van der Waals surface area contributed by atoms with Crippen molar-refractivity contribution in [2.45, 2.75) is 134 Å². The van der Waals surface area contributed by atoms with Crippen molar-refractivity contribution in [3.63, 3.8) is 0 Å². The second-order valence-electron chi connectivity index (χ2n) is 11.6. The molecule has 9 N–H and O–H groups in total. The fourth-order valence-electron chi connectivity index (χ4n) is 4.84. The Balaban J connectivity index is 0.0000260. The summed E-state index contributed by atoms with van der Waals surface area (Å²) in [6.45, 7) is 2.38. The summed E-state index contributed by atoms with van der Waals surface area (Å²) in [5, 5.41) is 21.5. The van der Waals surface area contributed by atoms with E-state index >= 15 is 0 Å². The van der Waals surface area contributed by atoms with Gasteiger partial charge in [-0.15, -0.1) is 0 Å². The molecule has 1 saturated carbocycles. The number of rotatable bonds is 26. The third-order valence-corrected chi connectivity index (χ3v) is 9.69. The molecule has 1 fully saturated rings. The summed E-state index contributed by atoms with van der Waals surface area (Å²) in [4.78, 5) is 91.0. The van der Waals surface area contributed by atoms with E-state index in [1.807, 2.05) is 13.8 Å². The number of hydrogen-bond acceptors (Lipinski definition) is 15. The van der Waals surface area contributed by atoms with E-state index in [2.05, 4.69) is 13.6 Å². The van der Waals surface area contributed by atoms with E-state index < -0.39 is 99.2 Å². The van der Waals surface area contributed by atoms with Gasteiger partial charge in [0.2, 0.25) is 0 Å². The van der Waals surface area contributed by atoms with Gasteiger partial charge in [0.05, 0.1) is 6.61 Å². The van der Waals surface area contributed by atoms with Crippen LogP contribution in [0.15, 0.2) is 0 Å². The number of esters is 2. The van der Waals surface area contributed by atoms with Crippen LogP contribution in [0.5, 0.6) is 0 Å². The standard InChI is InChI=1S/C25H50O22P4.Na/c1-3-5-7-9-11-13-18(26)41-15-17(43-19(27)14-12-10-8-6-4-2)16-42-51(39,40)47-22-20(28)23(44-48(30,31)32)25(46-50(36,37)38)24(21(22)29)45-49(33,34)35;/h17,20-25,28-29H,3-16H2,1-2H3,(H,39,40)(H2,30,31,32)(H2,33,34,35)(H2,36,37,38);/t17-,20+,21+,22?,23-,24+,25?;/m1./s1. The zero-order chi connectivity index (χ0) is 39.0. The van der Waals surface area contributed by atoms with Crippen molar-refractivity contribution in [3.05, 3.63) is 0 Å². The molecule has 1 aliphatic carbocycles. The van der Waals surface area contributed by atoms with E-state index in [0.29, 0.717) is 19.3 Å². The zero-order valence-electron chi connectivity index (χ0n) is 29.1. The monoisotopic (exact) mass is 849 g/mol. The number of phosphoric ester groups is 4. The summed E-state index contributed by atoms with van der Waals surface area (Å²) in [5.41, 5.74) is 0. The average Bonchev–Trinajstić information content (AvgIpc) is 2.99. The summed E-state index contributed by atoms with van der Waals surface area (Å²) < 4.78 is 80.7. The Morgan fingerprint density at radius 1 is 0.558 bits per heavy atom. The molecule has 1 aliphatic rings. The molecule has 0 spiro atoms. The van der Waals surface area contributed by atoms with Crippen LogP contribution in [-0.2, 0) is 59.9 Å². The molecule has 0 aromatic rings. The molecule has 0 aliphatic heterocycles. The molecule has 1 rings (SSSR count). The predicted molar refractivity (Wildman–Crippen MR) is 177 cm³/mol. The molecule has 22 nitrogen and oxygen atoms in total. The van der Waals surface area contributed by atoms with E-state index in [1.165, 1.54) is 0 Å². The molecule has 0 heterocycles. The van der Waals surface area contributed by atoms with Crippen LogP contribution >= 0.6 is 31.3 Å². The smallest absolute Gasteiger partial charge is 0.462 e. The molecule has 52 heavy (non-hydrogen) atoms. The van der Waals surface area contributed by atoms with Gasteiger partial charge in [-0.1, -0.05) is 65.2 Å². The van der Waals surface area contributed by atoms with Gasteiger partial charge in [0.15, 0.2) is 6.10 Å². The van der Waals surface area contributed by atoms with Crippen LogP contribution in [0.4, 0.5) is 0 Å². The Bertz CT molecular complexity index is 1220. The first kappa shape index (κ1) is 52.3. The number of aliphatic hydroxyl groups is 2. The molecule has 27 heteroatoms. The molecular weight excluding hydrogens is 799 g/mol. The molecule has 8 atom stereocenters. The van der Waals surface area contributed by atoms with Crippen LogP contribution in [0.2, 0.25) is 0 Å². The van der Waals surface area contributed by atoms with E-state index in [-0.39, 0.29) is 42.4 Å². The van der Waals surface area contributed by atoms with E-state index in [1.54, 1.807) is 0 Å². The Morgan fingerprint density at radius 3 is 1.38 bits per heavy atom. The number of hydrogen-bond donors (Lipinski definition) is 9. The van der Waals surface area contributed by atoms with Gasteiger partial charge in [-0.05, 0) is 12.8 Å². The molecular formula is C25H50NaO22P4. The summed E-state index contributed by atoms with van der Waals surface area (Å²) in [7, 11) is -22.9. The van der Waals surface area contributed by atoms with Gasteiger partial charge < -0.3 is 53.9 Å². The second-order valence-corrected chi connectivity index (χ2v) is 16.6. The normalized spacial score (nSPS) is 24.4. The minimum absolute atomic E-state index is 0. The number of carbonyl (C=O) groups is 2. The topological polar surface area (TPSA) is 349 Å². The Labute approximate surface area is 322 Å². The van der Waals surface area contributed by atoms with Crippen molar-refractivity contribution < 1.29 is 104 Å². The minimum atomic E-state index is -5.76. The maximum absolute atomic E-state index is 13.0. The third-order valence-electron chi connectivity index (χ3n) is 7.15. The maximum atomic E-state index is 13.0. The molecule has 0 saturated heterocycles. The first-order valence-corrected chi connectivity index (χ1v) is 22.2. The van der Waals surface area contributed by atoms with E-state index in [9.17, 15) is 72.3 Å². The van der Waals surface area contributed by atoms with Crippen molar-refractivity contribution in [3.8, 4) is 0 Å². The third kappa shape index (κ3) is 22.8. The minimum Gasteiger partial charge on any atom is -0.462 e. The number of aliphatic hydroxyl groups excluding tert-OH is 2. The van der Waals surface area contributed by atoms with E-state index in [4.69, 9.17) is 18.5 Å². The van der Waals surface area contributed by atoms with Gasteiger partial charge >= 0.3 is 43.2 Å². The second kappa shape index (κ2) is 24.8. The van der Waals surface area contributed by atoms with Crippen molar-refractivity contribution in [2.75, 3.05) is 13.2 Å². The summed E-state index contributed by atoms with van der Waals surface area (Å²) >= 11 is 0. The number of phosphoric acid groups is 4. The van der Waals surface area contributed by atoms with Gasteiger partial charge in [-0.3, -0.25) is 32.2 Å². The van der Waals surface area contributed by atoms with Crippen molar-refractivity contribution in [1.29, 1.82) is 0 Å². The summed E-state index contributed by atoms with van der Waals surface area (Å²) in [6, 6.07) is 0.